The Morgan fingerprint density at radius 3 is 2.63 bits per heavy atom. The predicted molar refractivity (Wildman–Crippen MR) is 115 cm³/mol. The van der Waals surface area contributed by atoms with Gasteiger partial charge in [-0.3, -0.25) is 14.5 Å². The lowest BCUT2D eigenvalue weighted by Crippen LogP contribution is -2.50. The van der Waals surface area contributed by atoms with Crippen molar-refractivity contribution in [1.29, 1.82) is 0 Å². The molecular weight excluding hydrogens is 383 g/mol. The number of benzene rings is 2. The third kappa shape index (κ3) is 4.86. The van der Waals surface area contributed by atoms with Crippen LogP contribution in [-0.4, -0.2) is 59.3 Å². The number of H-pyrrole nitrogens is 1. The molecule has 6 nitrogen and oxygen atoms in total. The van der Waals surface area contributed by atoms with Gasteiger partial charge in [0.2, 0.25) is 11.8 Å². The molecule has 0 saturated carbocycles. The Balaban J connectivity index is 1.22. The van der Waals surface area contributed by atoms with Crippen LogP contribution in [0.4, 0.5) is 10.1 Å². The lowest BCUT2D eigenvalue weighted by atomic mass is 10.1. The zero-order valence-corrected chi connectivity index (χ0v) is 16.7. The molecular formula is C23H25FN4O2. The smallest absolute Gasteiger partial charge is 0.238 e. The van der Waals surface area contributed by atoms with Crippen LogP contribution in [0.5, 0.6) is 0 Å². The van der Waals surface area contributed by atoms with Crippen LogP contribution < -0.4 is 5.32 Å². The van der Waals surface area contributed by atoms with Crippen LogP contribution in [0.15, 0.2) is 54.7 Å². The minimum absolute atomic E-state index is 0.143. The third-order valence-corrected chi connectivity index (χ3v) is 5.48. The fourth-order valence-corrected chi connectivity index (χ4v) is 3.86. The van der Waals surface area contributed by atoms with Crippen LogP contribution in [0.2, 0.25) is 0 Å². The highest BCUT2D eigenvalue weighted by atomic mass is 19.1. The van der Waals surface area contributed by atoms with Gasteiger partial charge in [0.05, 0.1) is 6.54 Å². The van der Waals surface area contributed by atoms with E-state index in [0.717, 1.165) is 11.1 Å². The van der Waals surface area contributed by atoms with E-state index in [1.807, 2.05) is 34.2 Å². The largest absolute Gasteiger partial charge is 0.361 e. The van der Waals surface area contributed by atoms with E-state index in [1.165, 1.54) is 17.5 Å². The maximum absolute atomic E-state index is 13.2. The minimum atomic E-state index is -0.382. The van der Waals surface area contributed by atoms with E-state index in [-0.39, 0.29) is 24.2 Å². The molecule has 2 N–H and O–H groups in total. The van der Waals surface area contributed by atoms with Crippen molar-refractivity contribution in [3.8, 4) is 0 Å². The molecule has 1 saturated heterocycles. The summed E-state index contributed by atoms with van der Waals surface area (Å²) in [6.45, 7) is 2.75. The standard InChI is InChI=1S/C23H25FN4O2/c24-18-4-3-5-19(14-18)26-22(29)16-27-10-12-28(13-11-27)23(30)9-8-17-15-25-21-7-2-1-6-20(17)21/h1-7,14-15,25H,8-13,16H2,(H,26,29). The maximum Gasteiger partial charge on any atom is 0.238 e. The number of para-hydroxylation sites is 1. The van der Waals surface area contributed by atoms with Gasteiger partial charge >= 0.3 is 0 Å². The van der Waals surface area contributed by atoms with Crippen molar-refractivity contribution < 1.29 is 14.0 Å². The summed E-state index contributed by atoms with van der Waals surface area (Å²) in [5, 5.41) is 3.88. The quantitative estimate of drug-likeness (QED) is 0.659. The molecule has 1 aliphatic rings. The zero-order chi connectivity index (χ0) is 20.9. The minimum Gasteiger partial charge on any atom is -0.361 e. The molecule has 0 unspecified atom stereocenters. The summed E-state index contributed by atoms with van der Waals surface area (Å²) in [6.07, 6.45) is 3.16. The van der Waals surface area contributed by atoms with Crippen LogP contribution in [0.3, 0.4) is 0 Å². The molecule has 1 aliphatic heterocycles. The summed E-state index contributed by atoms with van der Waals surface area (Å²) in [5.41, 5.74) is 2.70. The molecule has 0 bridgehead atoms. The number of anilines is 1. The fourth-order valence-electron chi connectivity index (χ4n) is 3.86. The molecule has 156 valence electrons. The number of rotatable bonds is 6. The Hall–Kier alpha value is -3.19. The SMILES string of the molecule is O=C(CN1CCN(C(=O)CCc2c[nH]c3ccccc23)CC1)Nc1cccc(F)c1. The van der Waals surface area contributed by atoms with Crippen molar-refractivity contribution >= 4 is 28.4 Å². The number of aromatic nitrogens is 1. The summed E-state index contributed by atoms with van der Waals surface area (Å²) >= 11 is 0. The van der Waals surface area contributed by atoms with Crippen LogP contribution in [0.25, 0.3) is 10.9 Å². The number of fused-ring (bicyclic) bond motifs is 1. The lowest BCUT2D eigenvalue weighted by Gasteiger charge is -2.34. The normalized spacial score (nSPS) is 14.8. The average molecular weight is 408 g/mol. The van der Waals surface area contributed by atoms with Gasteiger partial charge in [0.1, 0.15) is 5.82 Å². The molecule has 30 heavy (non-hydrogen) atoms. The van der Waals surface area contributed by atoms with Gasteiger partial charge in [-0.25, -0.2) is 4.39 Å². The van der Waals surface area contributed by atoms with Gasteiger partial charge in [0.25, 0.3) is 0 Å². The van der Waals surface area contributed by atoms with Gasteiger partial charge in [-0.1, -0.05) is 24.3 Å². The number of aryl methyl sites for hydroxylation is 1. The molecule has 2 amide bonds. The Morgan fingerprint density at radius 1 is 1.03 bits per heavy atom. The van der Waals surface area contributed by atoms with Gasteiger partial charge in [-0.05, 0) is 36.2 Å². The molecule has 0 aliphatic carbocycles. The third-order valence-electron chi connectivity index (χ3n) is 5.48. The first-order chi connectivity index (χ1) is 14.6. The zero-order valence-electron chi connectivity index (χ0n) is 16.7. The number of hydrogen-bond donors (Lipinski definition) is 2. The van der Waals surface area contributed by atoms with Crippen molar-refractivity contribution in [2.45, 2.75) is 12.8 Å². The van der Waals surface area contributed by atoms with E-state index in [2.05, 4.69) is 16.4 Å². The van der Waals surface area contributed by atoms with E-state index in [0.29, 0.717) is 44.7 Å². The summed E-state index contributed by atoms with van der Waals surface area (Å²) in [5.74, 6) is -0.420. The monoisotopic (exact) mass is 408 g/mol. The maximum atomic E-state index is 13.2. The topological polar surface area (TPSA) is 68.4 Å². The molecule has 0 atom stereocenters. The lowest BCUT2D eigenvalue weighted by molar-refractivity contribution is -0.133. The van der Waals surface area contributed by atoms with Gasteiger partial charge < -0.3 is 15.2 Å². The number of piperazine rings is 1. The number of nitrogens with one attached hydrogen (secondary N) is 2. The van der Waals surface area contributed by atoms with E-state index in [4.69, 9.17) is 0 Å². The van der Waals surface area contributed by atoms with Crippen LogP contribution in [0, 0.1) is 5.82 Å². The molecule has 0 spiro atoms. The highest BCUT2D eigenvalue weighted by Crippen LogP contribution is 2.19. The number of nitrogens with zero attached hydrogens (tertiary/aromatic N) is 2. The molecule has 7 heteroatoms. The van der Waals surface area contributed by atoms with Crippen molar-refractivity contribution in [3.05, 3.63) is 66.1 Å². The van der Waals surface area contributed by atoms with E-state index in [9.17, 15) is 14.0 Å². The Bertz CT molecular complexity index is 1040. The Morgan fingerprint density at radius 2 is 1.83 bits per heavy atom. The summed E-state index contributed by atoms with van der Waals surface area (Å²) in [6, 6.07) is 13.9. The number of carbonyl (C=O) groups excluding carboxylic acids is 2. The highest BCUT2D eigenvalue weighted by molar-refractivity contribution is 5.92. The molecule has 0 radical (unpaired) electrons. The second-order valence-corrected chi connectivity index (χ2v) is 7.57. The van der Waals surface area contributed by atoms with Gasteiger partial charge in [-0.15, -0.1) is 0 Å². The van der Waals surface area contributed by atoms with E-state index >= 15 is 0 Å². The molecule has 1 aromatic heterocycles. The second-order valence-electron chi connectivity index (χ2n) is 7.57. The first-order valence-electron chi connectivity index (χ1n) is 10.2. The average Bonchev–Trinajstić information content (AvgIpc) is 3.15. The van der Waals surface area contributed by atoms with Crippen molar-refractivity contribution in [3.63, 3.8) is 0 Å². The van der Waals surface area contributed by atoms with Crippen LogP contribution >= 0.6 is 0 Å². The number of carbonyl (C=O) groups is 2. The molecule has 1 fully saturated rings. The number of amides is 2. The second kappa shape index (κ2) is 9.09. The highest BCUT2D eigenvalue weighted by Gasteiger charge is 2.22. The first-order valence-corrected chi connectivity index (χ1v) is 10.2. The Kier molecular flexibility index (Phi) is 6.09. The van der Waals surface area contributed by atoms with Gasteiger partial charge in [0, 0.05) is 55.4 Å². The number of hydrogen-bond acceptors (Lipinski definition) is 3. The van der Waals surface area contributed by atoms with Crippen LogP contribution in [0.1, 0.15) is 12.0 Å². The fraction of sp³-hybridized carbons (Fsp3) is 0.304. The van der Waals surface area contributed by atoms with Crippen molar-refractivity contribution in [1.82, 2.24) is 14.8 Å². The first kappa shape index (κ1) is 20.1. The van der Waals surface area contributed by atoms with Crippen LogP contribution in [-0.2, 0) is 16.0 Å². The van der Waals surface area contributed by atoms with Gasteiger partial charge in [-0.2, -0.15) is 0 Å². The van der Waals surface area contributed by atoms with Gasteiger partial charge in [0.15, 0.2) is 0 Å². The van der Waals surface area contributed by atoms with E-state index in [1.54, 1.807) is 12.1 Å². The molecule has 4 rings (SSSR count). The summed E-state index contributed by atoms with van der Waals surface area (Å²) < 4.78 is 13.2. The van der Waals surface area contributed by atoms with Crippen molar-refractivity contribution in [2.24, 2.45) is 0 Å². The number of halogens is 1. The summed E-state index contributed by atoms with van der Waals surface area (Å²) in [4.78, 5) is 31.9. The molecule has 3 aromatic rings. The molecule has 2 aromatic carbocycles. The molecule has 2 heterocycles. The van der Waals surface area contributed by atoms with Crippen molar-refractivity contribution in [2.75, 3.05) is 38.0 Å². The Labute approximate surface area is 174 Å². The van der Waals surface area contributed by atoms with E-state index < -0.39 is 0 Å². The predicted octanol–water partition coefficient (Wildman–Crippen LogP) is 3.02. The summed E-state index contributed by atoms with van der Waals surface area (Å²) in [7, 11) is 0. The number of aromatic amines is 1.